The van der Waals surface area contributed by atoms with E-state index in [4.69, 9.17) is 24.2 Å². The summed E-state index contributed by atoms with van der Waals surface area (Å²) in [5.41, 5.74) is -0.423. The molecule has 0 saturated carbocycles. The first-order valence-corrected chi connectivity index (χ1v) is 8.37. The summed E-state index contributed by atoms with van der Waals surface area (Å²) in [6.07, 6.45) is 0. The Morgan fingerprint density at radius 1 is 1.14 bits per heavy atom. The molecule has 2 rings (SSSR count). The molecule has 0 fully saturated rings. The third kappa shape index (κ3) is 4.30. The highest BCUT2D eigenvalue weighted by Gasteiger charge is 2.32. The van der Waals surface area contributed by atoms with Crippen LogP contribution >= 0.6 is 0 Å². The summed E-state index contributed by atoms with van der Waals surface area (Å²) in [5, 5.41) is 23.3. The summed E-state index contributed by atoms with van der Waals surface area (Å²) in [5.74, 6) is -0.685. The average Bonchev–Trinajstić information content (AvgIpc) is 2.72. The maximum atomic E-state index is 12.9. The predicted molar refractivity (Wildman–Crippen MR) is 103 cm³/mol. The van der Waals surface area contributed by atoms with Crippen LogP contribution in [0.4, 0.5) is 11.4 Å². The summed E-state index contributed by atoms with van der Waals surface area (Å²) in [6, 6.07) is 7.61. The number of hydrogen-bond donors (Lipinski definition) is 1. The smallest absolute Gasteiger partial charge is 0.327 e. The van der Waals surface area contributed by atoms with Crippen molar-refractivity contribution in [3.63, 3.8) is 0 Å². The van der Waals surface area contributed by atoms with Gasteiger partial charge in [0.05, 0.1) is 50.2 Å². The lowest BCUT2D eigenvalue weighted by Crippen LogP contribution is -2.16. The Morgan fingerprint density at radius 3 is 2.34 bits per heavy atom. The first-order valence-electron chi connectivity index (χ1n) is 8.37. The van der Waals surface area contributed by atoms with E-state index in [9.17, 15) is 14.9 Å². The Morgan fingerprint density at radius 2 is 1.83 bits per heavy atom. The lowest BCUT2D eigenvalue weighted by molar-refractivity contribution is -0.386. The quantitative estimate of drug-likeness (QED) is 0.527. The largest absolute Gasteiger partial charge is 0.493 e. The van der Waals surface area contributed by atoms with Crippen LogP contribution in [0.3, 0.4) is 0 Å². The molecule has 0 bridgehead atoms. The molecule has 2 aromatic carbocycles. The van der Waals surface area contributed by atoms with Gasteiger partial charge < -0.3 is 24.3 Å². The number of nitriles is 1. The number of nitrogens with one attached hydrogen (secondary N) is 1. The molecule has 1 amide bonds. The SMILES string of the molecule is CCOc1ccc(C#N)cc1NC(=O)c1cc(OC)c(OC)c(OC)c1[N+](=O)[O-]. The average molecular weight is 401 g/mol. The highest BCUT2D eigenvalue weighted by atomic mass is 16.6. The molecule has 2 aromatic rings. The first-order chi connectivity index (χ1) is 13.9. The van der Waals surface area contributed by atoms with Crippen molar-refractivity contribution in [1.82, 2.24) is 0 Å². The van der Waals surface area contributed by atoms with Crippen LogP contribution in [0.2, 0.25) is 0 Å². The Bertz CT molecular complexity index is 983. The molecule has 0 aromatic heterocycles. The monoisotopic (exact) mass is 401 g/mol. The van der Waals surface area contributed by atoms with Gasteiger partial charge in [-0.05, 0) is 25.1 Å². The van der Waals surface area contributed by atoms with E-state index in [1.807, 2.05) is 6.07 Å². The van der Waals surface area contributed by atoms with Crippen molar-refractivity contribution in [1.29, 1.82) is 5.26 Å². The van der Waals surface area contributed by atoms with Crippen molar-refractivity contribution in [3.8, 4) is 29.1 Å². The molecule has 0 spiro atoms. The zero-order valence-electron chi connectivity index (χ0n) is 16.3. The number of anilines is 1. The molecule has 0 saturated heterocycles. The van der Waals surface area contributed by atoms with E-state index in [-0.39, 0.29) is 34.1 Å². The summed E-state index contributed by atoms with van der Waals surface area (Å²) in [7, 11) is 3.84. The fourth-order valence-electron chi connectivity index (χ4n) is 2.66. The van der Waals surface area contributed by atoms with E-state index < -0.39 is 16.5 Å². The Labute approximate surface area is 166 Å². The van der Waals surface area contributed by atoms with Crippen LogP contribution in [0.25, 0.3) is 0 Å². The van der Waals surface area contributed by atoms with Crippen LogP contribution in [-0.4, -0.2) is 38.8 Å². The highest BCUT2D eigenvalue weighted by molar-refractivity contribution is 6.09. The van der Waals surface area contributed by atoms with Crippen molar-refractivity contribution in [2.75, 3.05) is 33.3 Å². The summed E-state index contributed by atoms with van der Waals surface area (Å²) >= 11 is 0. The van der Waals surface area contributed by atoms with Gasteiger partial charge in [0.2, 0.25) is 11.5 Å². The second-order valence-electron chi connectivity index (χ2n) is 5.51. The van der Waals surface area contributed by atoms with Gasteiger partial charge in [0.25, 0.3) is 5.91 Å². The molecule has 0 atom stereocenters. The van der Waals surface area contributed by atoms with Gasteiger partial charge in [0.1, 0.15) is 11.3 Å². The van der Waals surface area contributed by atoms with E-state index in [2.05, 4.69) is 5.32 Å². The fraction of sp³-hybridized carbons (Fsp3) is 0.263. The number of nitro groups is 1. The number of carbonyl (C=O) groups is 1. The standard InChI is InChI=1S/C19H19N3O7/c1-5-29-14-7-6-11(10-20)8-13(14)21-19(23)12-9-15(26-2)17(27-3)18(28-4)16(12)22(24)25/h6-9H,5H2,1-4H3,(H,21,23). The molecule has 0 aliphatic carbocycles. The highest BCUT2D eigenvalue weighted by Crippen LogP contribution is 2.46. The van der Waals surface area contributed by atoms with E-state index in [1.54, 1.807) is 6.92 Å². The molecular formula is C19H19N3O7. The van der Waals surface area contributed by atoms with Crippen LogP contribution in [-0.2, 0) is 0 Å². The van der Waals surface area contributed by atoms with Crippen LogP contribution in [0, 0.1) is 21.4 Å². The summed E-state index contributed by atoms with van der Waals surface area (Å²) in [6.45, 7) is 2.08. The minimum Gasteiger partial charge on any atom is -0.493 e. The van der Waals surface area contributed by atoms with Gasteiger partial charge in [-0.2, -0.15) is 5.26 Å². The van der Waals surface area contributed by atoms with Gasteiger partial charge in [-0.1, -0.05) is 0 Å². The number of nitro benzene ring substituents is 1. The topological polar surface area (TPSA) is 133 Å². The van der Waals surface area contributed by atoms with E-state index >= 15 is 0 Å². The van der Waals surface area contributed by atoms with Crippen molar-refractivity contribution in [2.45, 2.75) is 6.92 Å². The molecule has 1 N–H and O–H groups in total. The van der Waals surface area contributed by atoms with Crippen molar-refractivity contribution >= 4 is 17.3 Å². The molecule has 10 heteroatoms. The maximum absolute atomic E-state index is 12.9. The van der Waals surface area contributed by atoms with Crippen LogP contribution < -0.4 is 24.3 Å². The van der Waals surface area contributed by atoms with Gasteiger partial charge in [-0.25, -0.2) is 0 Å². The third-order valence-electron chi connectivity index (χ3n) is 3.89. The molecule has 10 nitrogen and oxygen atoms in total. The summed E-state index contributed by atoms with van der Waals surface area (Å²) < 4.78 is 20.9. The fourth-order valence-corrected chi connectivity index (χ4v) is 2.66. The maximum Gasteiger partial charge on any atom is 0.327 e. The number of amides is 1. The minimum atomic E-state index is -0.813. The molecule has 0 aliphatic rings. The Kier molecular flexibility index (Phi) is 6.81. The second kappa shape index (κ2) is 9.27. The summed E-state index contributed by atoms with van der Waals surface area (Å²) in [4.78, 5) is 23.9. The number of ether oxygens (including phenoxy) is 4. The van der Waals surface area contributed by atoms with Crippen LogP contribution in [0.15, 0.2) is 24.3 Å². The number of nitrogens with zero attached hydrogens (tertiary/aromatic N) is 2. The number of rotatable bonds is 8. The van der Waals surface area contributed by atoms with Crippen molar-refractivity contribution in [2.24, 2.45) is 0 Å². The molecular weight excluding hydrogens is 382 g/mol. The molecule has 152 valence electrons. The number of methoxy groups -OCH3 is 3. The molecule has 0 radical (unpaired) electrons. The third-order valence-corrected chi connectivity index (χ3v) is 3.89. The van der Waals surface area contributed by atoms with E-state index in [1.165, 1.54) is 45.6 Å². The van der Waals surface area contributed by atoms with Gasteiger partial charge >= 0.3 is 5.69 Å². The second-order valence-corrected chi connectivity index (χ2v) is 5.51. The Balaban J connectivity index is 2.62. The predicted octanol–water partition coefficient (Wildman–Crippen LogP) is 3.14. The first kappa shape index (κ1) is 21.3. The molecule has 0 heterocycles. The number of benzene rings is 2. The zero-order valence-corrected chi connectivity index (χ0v) is 16.3. The van der Waals surface area contributed by atoms with Gasteiger partial charge in [-0.15, -0.1) is 0 Å². The zero-order chi connectivity index (χ0) is 21.6. The minimum absolute atomic E-state index is 0.0141. The van der Waals surface area contributed by atoms with Gasteiger partial charge in [0, 0.05) is 6.07 Å². The van der Waals surface area contributed by atoms with Crippen LogP contribution in [0.1, 0.15) is 22.8 Å². The van der Waals surface area contributed by atoms with Gasteiger partial charge in [-0.3, -0.25) is 14.9 Å². The molecule has 0 aliphatic heterocycles. The van der Waals surface area contributed by atoms with E-state index in [0.29, 0.717) is 12.4 Å². The Hall–Kier alpha value is -4.00. The number of carbonyl (C=O) groups excluding carboxylic acids is 1. The van der Waals surface area contributed by atoms with Gasteiger partial charge in [0.15, 0.2) is 5.75 Å². The normalized spacial score (nSPS) is 9.90. The lowest BCUT2D eigenvalue weighted by Gasteiger charge is -2.16. The van der Waals surface area contributed by atoms with Crippen molar-refractivity contribution in [3.05, 3.63) is 45.5 Å². The van der Waals surface area contributed by atoms with E-state index in [0.717, 1.165) is 0 Å². The van der Waals surface area contributed by atoms with Crippen LogP contribution in [0.5, 0.6) is 23.0 Å². The molecule has 29 heavy (non-hydrogen) atoms. The number of hydrogen-bond acceptors (Lipinski definition) is 8. The lowest BCUT2D eigenvalue weighted by atomic mass is 10.1. The molecule has 0 unspecified atom stereocenters. The van der Waals surface area contributed by atoms with Crippen molar-refractivity contribution < 1.29 is 28.7 Å².